The Morgan fingerprint density at radius 2 is 2.15 bits per heavy atom. The van der Waals surface area contributed by atoms with Gasteiger partial charge in [0.15, 0.2) is 0 Å². The molecule has 0 N–H and O–H groups in total. The molecule has 0 spiro atoms. The zero-order valence-electron chi connectivity index (χ0n) is 7.57. The van der Waals surface area contributed by atoms with Crippen molar-refractivity contribution in [3.05, 3.63) is 16.0 Å². The summed E-state index contributed by atoms with van der Waals surface area (Å²) < 4.78 is 1.09. The topological polar surface area (TPSA) is 29.0 Å². The van der Waals surface area contributed by atoms with E-state index in [-0.39, 0.29) is 0 Å². The van der Waals surface area contributed by atoms with Crippen LogP contribution in [0.3, 0.4) is 0 Å². The molecule has 4 heteroatoms. The number of rotatable bonds is 1. The van der Waals surface area contributed by atoms with Crippen molar-refractivity contribution in [2.45, 2.75) is 13.3 Å². The van der Waals surface area contributed by atoms with Gasteiger partial charge < -0.3 is 4.90 Å². The van der Waals surface area contributed by atoms with E-state index in [1.807, 2.05) is 12.4 Å². The van der Waals surface area contributed by atoms with Gasteiger partial charge in [0.05, 0.1) is 0 Å². The van der Waals surface area contributed by atoms with Crippen LogP contribution in [0.2, 0.25) is 0 Å². The highest BCUT2D eigenvalue weighted by Crippen LogP contribution is 2.19. The first-order chi connectivity index (χ1) is 6.25. The molecule has 1 aliphatic heterocycles. The van der Waals surface area contributed by atoms with E-state index < -0.39 is 0 Å². The molecule has 0 aromatic carbocycles. The van der Waals surface area contributed by atoms with Gasteiger partial charge in [-0.25, -0.2) is 9.97 Å². The minimum atomic E-state index is 0.780. The Morgan fingerprint density at radius 3 is 2.69 bits per heavy atom. The molecule has 1 aromatic heterocycles. The van der Waals surface area contributed by atoms with Crippen LogP contribution in [0.5, 0.6) is 0 Å². The average molecular weight is 289 g/mol. The zero-order chi connectivity index (χ0) is 9.26. The zero-order valence-corrected chi connectivity index (χ0v) is 9.73. The van der Waals surface area contributed by atoms with Crippen LogP contribution in [0.25, 0.3) is 0 Å². The van der Waals surface area contributed by atoms with Crippen molar-refractivity contribution in [3.63, 3.8) is 0 Å². The predicted octanol–water partition coefficient (Wildman–Crippen LogP) is 1.93. The normalized spacial score (nSPS) is 22.3. The SMILES string of the molecule is CC1CCN(c2ncc(I)cn2)C1. The maximum absolute atomic E-state index is 4.30. The Bertz CT molecular complexity index is 285. The van der Waals surface area contributed by atoms with Crippen LogP contribution in [0.4, 0.5) is 5.95 Å². The second kappa shape index (κ2) is 3.77. The third-order valence-electron chi connectivity index (χ3n) is 2.31. The van der Waals surface area contributed by atoms with Crippen molar-refractivity contribution >= 4 is 28.5 Å². The molecule has 2 rings (SSSR count). The summed E-state index contributed by atoms with van der Waals surface area (Å²) >= 11 is 2.22. The number of nitrogens with zero attached hydrogens (tertiary/aromatic N) is 3. The quantitative estimate of drug-likeness (QED) is 0.740. The number of hydrogen-bond acceptors (Lipinski definition) is 3. The Labute approximate surface area is 91.7 Å². The van der Waals surface area contributed by atoms with E-state index in [2.05, 4.69) is 44.4 Å². The fraction of sp³-hybridized carbons (Fsp3) is 0.556. The summed E-state index contributed by atoms with van der Waals surface area (Å²) in [5, 5.41) is 0. The lowest BCUT2D eigenvalue weighted by molar-refractivity contribution is 0.658. The molecule has 0 amide bonds. The first-order valence-corrected chi connectivity index (χ1v) is 5.56. The van der Waals surface area contributed by atoms with Crippen molar-refractivity contribution in [1.29, 1.82) is 0 Å². The smallest absolute Gasteiger partial charge is 0.225 e. The Kier molecular flexibility index (Phi) is 2.66. The summed E-state index contributed by atoms with van der Waals surface area (Å²) in [6, 6.07) is 0. The fourth-order valence-electron chi connectivity index (χ4n) is 1.59. The lowest BCUT2D eigenvalue weighted by Crippen LogP contribution is -2.21. The molecule has 3 nitrogen and oxygen atoms in total. The summed E-state index contributed by atoms with van der Waals surface area (Å²) in [6.45, 7) is 4.47. The maximum atomic E-state index is 4.30. The summed E-state index contributed by atoms with van der Waals surface area (Å²) in [5.41, 5.74) is 0. The van der Waals surface area contributed by atoms with Crippen LogP contribution in [-0.4, -0.2) is 23.1 Å². The Hall–Kier alpha value is -0.390. The van der Waals surface area contributed by atoms with Crippen LogP contribution in [0.15, 0.2) is 12.4 Å². The van der Waals surface area contributed by atoms with Crippen LogP contribution < -0.4 is 4.90 Å². The summed E-state index contributed by atoms with van der Waals surface area (Å²) in [4.78, 5) is 10.9. The van der Waals surface area contributed by atoms with Crippen molar-refractivity contribution in [2.75, 3.05) is 18.0 Å². The van der Waals surface area contributed by atoms with Crippen molar-refractivity contribution in [3.8, 4) is 0 Å². The molecule has 1 atom stereocenters. The molecular formula is C9H12IN3. The molecule has 0 saturated carbocycles. The van der Waals surface area contributed by atoms with E-state index in [9.17, 15) is 0 Å². The summed E-state index contributed by atoms with van der Waals surface area (Å²) in [7, 11) is 0. The Balaban J connectivity index is 2.13. The second-order valence-electron chi connectivity index (χ2n) is 3.54. The predicted molar refractivity (Wildman–Crippen MR) is 60.7 cm³/mol. The van der Waals surface area contributed by atoms with Crippen LogP contribution >= 0.6 is 22.6 Å². The van der Waals surface area contributed by atoms with Gasteiger partial charge in [-0.2, -0.15) is 0 Å². The van der Waals surface area contributed by atoms with E-state index in [1.54, 1.807) is 0 Å². The van der Waals surface area contributed by atoms with Crippen molar-refractivity contribution < 1.29 is 0 Å². The molecule has 1 aromatic rings. The largest absolute Gasteiger partial charge is 0.341 e. The lowest BCUT2D eigenvalue weighted by Gasteiger charge is -2.14. The second-order valence-corrected chi connectivity index (χ2v) is 4.79. The van der Waals surface area contributed by atoms with Crippen molar-refractivity contribution in [1.82, 2.24) is 9.97 Å². The highest BCUT2D eigenvalue weighted by atomic mass is 127. The molecule has 0 radical (unpaired) electrons. The molecule has 13 heavy (non-hydrogen) atoms. The summed E-state index contributed by atoms with van der Waals surface area (Å²) in [6.07, 6.45) is 4.99. The number of anilines is 1. The highest BCUT2D eigenvalue weighted by molar-refractivity contribution is 14.1. The minimum Gasteiger partial charge on any atom is -0.341 e. The number of halogens is 1. The van der Waals surface area contributed by atoms with Gasteiger partial charge >= 0.3 is 0 Å². The summed E-state index contributed by atoms with van der Waals surface area (Å²) in [5.74, 6) is 1.66. The average Bonchev–Trinajstić information content (AvgIpc) is 2.53. The van der Waals surface area contributed by atoms with E-state index >= 15 is 0 Å². The third kappa shape index (κ3) is 2.10. The molecule has 1 unspecified atom stereocenters. The van der Waals surface area contributed by atoms with Crippen LogP contribution in [0, 0.1) is 9.49 Å². The molecule has 2 heterocycles. The number of aromatic nitrogens is 2. The van der Waals surface area contributed by atoms with E-state index in [1.165, 1.54) is 6.42 Å². The molecule has 1 aliphatic rings. The van der Waals surface area contributed by atoms with Crippen LogP contribution in [0.1, 0.15) is 13.3 Å². The van der Waals surface area contributed by atoms with Crippen LogP contribution in [-0.2, 0) is 0 Å². The van der Waals surface area contributed by atoms with Gasteiger partial charge in [0.25, 0.3) is 0 Å². The molecule has 1 saturated heterocycles. The van der Waals surface area contributed by atoms with Gasteiger partial charge in [0, 0.05) is 29.1 Å². The van der Waals surface area contributed by atoms with Gasteiger partial charge in [-0.05, 0) is 34.9 Å². The van der Waals surface area contributed by atoms with E-state index in [0.29, 0.717) is 0 Å². The van der Waals surface area contributed by atoms with Gasteiger partial charge in [-0.15, -0.1) is 0 Å². The maximum Gasteiger partial charge on any atom is 0.225 e. The van der Waals surface area contributed by atoms with E-state index in [4.69, 9.17) is 0 Å². The molecule has 1 fully saturated rings. The monoisotopic (exact) mass is 289 g/mol. The Morgan fingerprint density at radius 1 is 1.46 bits per heavy atom. The van der Waals surface area contributed by atoms with Gasteiger partial charge in [0.1, 0.15) is 0 Å². The fourth-order valence-corrected chi connectivity index (χ4v) is 1.86. The molecule has 0 aliphatic carbocycles. The highest BCUT2D eigenvalue weighted by Gasteiger charge is 2.20. The molecule has 0 bridgehead atoms. The molecule has 70 valence electrons. The molecular weight excluding hydrogens is 277 g/mol. The third-order valence-corrected chi connectivity index (χ3v) is 2.87. The van der Waals surface area contributed by atoms with E-state index in [0.717, 1.165) is 28.5 Å². The lowest BCUT2D eigenvalue weighted by atomic mass is 10.2. The van der Waals surface area contributed by atoms with Gasteiger partial charge in [-0.1, -0.05) is 6.92 Å². The first kappa shape index (κ1) is 9.18. The first-order valence-electron chi connectivity index (χ1n) is 4.48. The van der Waals surface area contributed by atoms with Crippen molar-refractivity contribution in [2.24, 2.45) is 5.92 Å². The van der Waals surface area contributed by atoms with Gasteiger partial charge in [-0.3, -0.25) is 0 Å². The number of hydrogen-bond donors (Lipinski definition) is 0. The standard InChI is InChI=1S/C9H12IN3/c1-7-2-3-13(6-7)9-11-4-8(10)5-12-9/h4-5,7H,2-3,6H2,1H3. The van der Waals surface area contributed by atoms with Gasteiger partial charge in [0.2, 0.25) is 5.95 Å². The minimum absolute atomic E-state index is 0.780.